The molecule has 0 unspecified atom stereocenters. The number of aryl methyl sites for hydroxylation is 2. The number of H-pyrrole nitrogens is 1. The molecule has 0 fully saturated rings. The smallest absolute Gasteiger partial charge is 0.345 e. The van der Waals surface area contributed by atoms with Gasteiger partial charge in [0.05, 0.1) is 11.9 Å². The van der Waals surface area contributed by atoms with Crippen LogP contribution < -0.4 is 10.4 Å². The summed E-state index contributed by atoms with van der Waals surface area (Å²) in [4.78, 5) is 27.8. The molecule has 2 aromatic rings. The van der Waals surface area contributed by atoms with Crippen LogP contribution in [0, 0.1) is 6.92 Å². The van der Waals surface area contributed by atoms with Crippen molar-refractivity contribution in [3.8, 4) is 11.5 Å². The number of hydrogen-bond donors (Lipinski definition) is 2. The molecule has 6 nitrogen and oxygen atoms in total. The minimum Gasteiger partial charge on any atom is -0.481 e. The zero-order valence-electron chi connectivity index (χ0n) is 10.9. The van der Waals surface area contributed by atoms with Crippen molar-refractivity contribution in [2.75, 3.05) is 0 Å². The fourth-order valence-corrected chi connectivity index (χ4v) is 1.74. The van der Waals surface area contributed by atoms with Crippen molar-refractivity contribution in [1.29, 1.82) is 0 Å². The van der Waals surface area contributed by atoms with Gasteiger partial charge in [-0.2, -0.15) is 4.98 Å². The first-order valence-electron chi connectivity index (χ1n) is 6.10. The molecule has 0 atom stereocenters. The molecule has 0 aliphatic rings. The van der Waals surface area contributed by atoms with Crippen LogP contribution in [-0.2, 0) is 11.2 Å². The third-order valence-corrected chi connectivity index (χ3v) is 2.76. The Kier molecular flexibility index (Phi) is 4.14. The quantitative estimate of drug-likeness (QED) is 0.868. The van der Waals surface area contributed by atoms with Crippen molar-refractivity contribution < 1.29 is 14.6 Å². The van der Waals surface area contributed by atoms with E-state index in [1.54, 1.807) is 19.1 Å². The number of nitrogens with one attached hydrogen (secondary N) is 1. The number of carboxylic acids is 1. The van der Waals surface area contributed by atoms with Crippen LogP contribution in [0.5, 0.6) is 11.5 Å². The summed E-state index contributed by atoms with van der Waals surface area (Å²) in [6, 6.07) is 7.19. The number of aromatic nitrogens is 2. The Labute approximate surface area is 115 Å². The van der Waals surface area contributed by atoms with Crippen molar-refractivity contribution in [2.45, 2.75) is 19.8 Å². The van der Waals surface area contributed by atoms with E-state index in [0.717, 1.165) is 5.56 Å². The number of rotatable bonds is 5. The molecule has 0 bridgehead atoms. The maximum atomic E-state index is 11.1. The number of carboxylic acid groups (broad SMARTS) is 1. The minimum atomic E-state index is -0.860. The fourth-order valence-electron chi connectivity index (χ4n) is 1.74. The van der Waals surface area contributed by atoms with Gasteiger partial charge in [0, 0.05) is 6.42 Å². The Morgan fingerprint density at radius 3 is 2.80 bits per heavy atom. The lowest BCUT2D eigenvalue weighted by atomic mass is 10.1. The number of benzene rings is 1. The molecule has 0 saturated heterocycles. The number of nitrogens with zero attached hydrogens (tertiary/aromatic N) is 1. The number of ether oxygens (including phenoxy) is 1. The van der Waals surface area contributed by atoms with Crippen LogP contribution >= 0.6 is 0 Å². The van der Waals surface area contributed by atoms with Crippen LogP contribution in [0.15, 0.2) is 35.3 Å². The van der Waals surface area contributed by atoms with E-state index in [1.165, 1.54) is 6.20 Å². The van der Waals surface area contributed by atoms with Crippen LogP contribution in [-0.4, -0.2) is 21.0 Å². The Bertz CT molecular complexity index is 679. The Morgan fingerprint density at radius 2 is 2.10 bits per heavy atom. The summed E-state index contributed by atoms with van der Waals surface area (Å²) in [5.74, 6) is 0.139. The van der Waals surface area contributed by atoms with Crippen LogP contribution in [0.2, 0.25) is 0 Å². The van der Waals surface area contributed by atoms with Crippen molar-refractivity contribution in [2.24, 2.45) is 0 Å². The summed E-state index contributed by atoms with van der Waals surface area (Å²) in [7, 11) is 0. The van der Waals surface area contributed by atoms with E-state index in [2.05, 4.69) is 9.97 Å². The van der Waals surface area contributed by atoms with Gasteiger partial charge in [-0.15, -0.1) is 0 Å². The average Bonchev–Trinajstić information content (AvgIpc) is 2.41. The molecule has 20 heavy (non-hydrogen) atoms. The lowest BCUT2D eigenvalue weighted by molar-refractivity contribution is -0.136. The SMILES string of the molecule is Cc1[nH]c(=O)ncc1Oc1ccccc1CCC(=O)O. The van der Waals surface area contributed by atoms with Crippen LogP contribution in [0.25, 0.3) is 0 Å². The molecule has 1 aromatic heterocycles. The largest absolute Gasteiger partial charge is 0.481 e. The standard InChI is InChI=1S/C14H14N2O4/c1-9-12(8-15-14(19)16-9)20-11-5-3-2-4-10(11)6-7-13(17)18/h2-5,8H,6-7H2,1H3,(H,17,18)(H,15,16,19). The molecule has 6 heteroatoms. The zero-order chi connectivity index (χ0) is 14.5. The normalized spacial score (nSPS) is 10.2. The van der Waals surface area contributed by atoms with Gasteiger partial charge in [0.2, 0.25) is 0 Å². The summed E-state index contributed by atoms with van der Waals surface area (Å²) in [5.41, 5.74) is 0.924. The van der Waals surface area contributed by atoms with Gasteiger partial charge < -0.3 is 14.8 Å². The lowest BCUT2D eigenvalue weighted by Crippen LogP contribution is -2.11. The van der Waals surface area contributed by atoms with Gasteiger partial charge in [-0.25, -0.2) is 4.79 Å². The number of aromatic amines is 1. The molecule has 0 amide bonds. The first-order valence-corrected chi connectivity index (χ1v) is 6.10. The molecule has 1 heterocycles. The molecule has 0 aliphatic heterocycles. The molecular formula is C14H14N2O4. The highest BCUT2D eigenvalue weighted by molar-refractivity contribution is 5.67. The van der Waals surface area contributed by atoms with Gasteiger partial charge in [-0.1, -0.05) is 18.2 Å². The van der Waals surface area contributed by atoms with E-state index in [0.29, 0.717) is 23.6 Å². The maximum Gasteiger partial charge on any atom is 0.345 e. The highest BCUT2D eigenvalue weighted by Crippen LogP contribution is 2.26. The van der Waals surface area contributed by atoms with E-state index in [-0.39, 0.29) is 6.42 Å². The minimum absolute atomic E-state index is 0.0310. The average molecular weight is 274 g/mol. The monoisotopic (exact) mass is 274 g/mol. The molecule has 104 valence electrons. The van der Waals surface area contributed by atoms with Crippen molar-refractivity contribution >= 4 is 5.97 Å². The Balaban J connectivity index is 2.24. The number of carbonyl (C=O) groups is 1. The molecule has 0 saturated carbocycles. The second kappa shape index (κ2) is 6.01. The Morgan fingerprint density at radius 1 is 1.35 bits per heavy atom. The zero-order valence-corrected chi connectivity index (χ0v) is 10.9. The summed E-state index contributed by atoms with van der Waals surface area (Å²) in [6.07, 6.45) is 1.76. The summed E-state index contributed by atoms with van der Waals surface area (Å²) in [6.45, 7) is 1.71. The topological polar surface area (TPSA) is 92.3 Å². The van der Waals surface area contributed by atoms with Gasteiger partial charge in [0.25, 0.3) is 0 Å². The second-order valence-electron chi connectivity index (χ2n) is 4.28. The summed E-state index contributed by atoms with van der Waals surface area (Å²) >= 11 is 0. The van der Waals surface area contributed by atoms with Gasteiger partial charge in [-0.3, -0.25) is 4.79 Å². The summed E-state index contributed by atoms with van der Waals surface area (Å²) < 4.78 is 5.70. The third-order valence-electron chi connectivity index (χ3n) is 2.76. The number of para-hydroxylation sites is 1. The van der Waals surface area contributed by atoms with Crippen molar-refractivity contribution in [3.63, 3.8) is 0 Å². The molecular weight excluding hydrogens is 260 g/mol. The first kappa shape index (κ1) is 13.8. The van der Waals surface area contributed by atoms with E-state index >= 15 is 0 Å². The fraction of sp³-hybridized carbons (Fsp3) is 0.214. The van der Waals surface area contributed by atoms with Gasteiger partial charge >= 0.3 is 11.7 Å². The van der Waals surface area contributed by atoms with Crippen molar-refractivity contribution in [3.05, 3.63) is 52.2 Å². The number of hydrogen-bond acceptors (Lipinski definition) is 4. The second-order valence-corrected chi connectivity index (χ2v) is 4.28. The van der Waals surface area contributed by atoms with Crippen LogP contribution in [0.4, 0.5) is 0 Å². The van der Waals surface area contributed by atoms with Crippen LogP contribution in [0.1, 0.15) is 17.7 Å². The third kappa shape index (κ3) is 3.44. The Hall–Kier alpha value is -2.63. The predicted molar refractivity (Wildman–Crippen MR) is 72.1 cm³/mol. The van der Waals surface area contributed by atoms with E-state index in [1.807, 2.05) is 12.1 Å². The molecule has 2 N–H and O–H groups in total. The molecule has 0 radical (unpaired) electrons. The maximum absolute atomic E-state index is 11.1. The highest BCUT2D eigenvalue weighted by atomic mass is 16.5. The summed E-state index contributed by atoms with van der Waals surface area (Å²) in [5, 5.41) is 8.74. The predicted octanol–water partition coefficient (Wildman–Crippen LogP) is 1.89. The van der Waals surface area contributed by atoms with Gasteiger partial charge in [0.15, 0.2) is 5.75 Å². The van der Waals surface area contributed by atoms with Crippen LogP contribution in [0.3, 0.4) is 0 Å². The molecule has 2 rings (SSSR count). The van der Waals surface area contributed by atoms with E-state index < -0.39 is 11.7 Å². The van der Waals surface area contributed by atoms with Gasteiger partial charge in [-0.05, 0) is 25.0 Å². The highest BCUT2D eigenvalue weighted by Gasteiger charge is 2.08. The van der Waals surface area contributed by atoms with Gasteiger partial charge in [0.1, 0.15) is 5.75 Å². The first-order chi connectivity index (χ1) is 9.56. The molecule has 0 aliphatic carbocycles. The number of aliphatic carboxylic acids is 1. The van der Waals surface area contributed by atoms with Crippen molar-refractivity contribution in [1.82, 2.24) is 9.97 Å². The molecule has 0 spiro atoms. The van der Waals surface area contributed by atoms with E-state index in [9.17, 15) is 9.59 Å². The lowest BCUT2D eigenvalue weighted by Gasteiger charge is -2.11. The van der Waals surface area contributed by atoms with E-state index in [4.69, 9.17) is 9.84 Å². The molecule has 1 aromatic carbocycles.